The van der Waals surface area contributed by atoms with Gasteiger partial charge in [0.05, 0.1) is 50.3 Å². The molecule has 2 aromatic carbocycles. The molecule has 1 aliphatic rings. The van der Waals surface area contributed by atoms with Crippen molar-refractivity contribution in [1.29, 1.82) is 5.26 Å². The first-order valence-electron chi connectivity index (χ1n) is 12.0. The summed E-state index contributed by atoms with van der Waals surface area (Å²) in [6.45, 7) is 4.81. The first kappa shape index (κ1) is 24.9. The molecule has 4 aromatic rings. The summed E-state index contributed by atoms with van der Waals surface area (Å²) in [7, 11) is 3.25. The highest BCUT2D eigenvalue weighted by molar-refractivity contribution is 6.30. The van der Waals surface area contributed by atoms with Crippen LogP contribution in [-0.4, -0.2) is 33.8 Å². The number of methoxy groups -OCH3 is 2. The number of aromatic nitrogens is 4. The Bertz CT molecular complexity index is 1470. The lowest BCUT2D eigenvalue weighted by molar-refractivity contribution is -0.0694. The third-order valence-electron chi connectivity index (χ3n) is 6.69. The van der Waals surface area contributed by atoms with Crippen LogP contribution < -0.4 is 9.47 Å². The summed E-state index contributed by atoms with van der Waals surface area (Å²) in [5, 5.41) is 18.0. The van der Waals surface area contributed by atoms with Crippen molar-refractivity contribution >= 4 is 11.6 Å². The van der Waals surface area contributed by atoms with Crippen LogP contribution in [0.3, 0.4) is 0 Å². The minimum atomic E-state index is -0.493. The van der Waals surface area contributed by atoms with Crippen molar-refractivity contribution in [3.8, 4) is 23.3 Å². The lowest BCUT2D eigenvalue weighted by Crippen LogP contribution is -2.31. The molecule has 5 rings (SSSR count). The minimum Gasteiger partial charge on any atom is -0.493 e. The molecule has 0 aliphatic carbocycles. The number of para-hydroxylation sites is 1. The molecule has 0 unspecified atom stereocenters. The van der Waals surface area contributed by atoms with E-state index in [-0.39, 0.29) is 12.5 Å². The quantitative estimate of drug-likeness (QED) is 0.313. The van der Waals surface area contributed by atoms with E-state index in [0.29, 0.717) is 28.8 Å². The number of fused-ring (bicyclic) bond motifs is 3. The van der Waals surface area contributed by atoms with E-state index in [1.165, 1.54) is 0 Å². The number of hydrogen-bond donors (Lipinski definition) is 0. The Kier molecular flexibility index (Phi) is 6.67. The summed E-state index contributed by atoms with van der Waals surface area (Å²) in [5.74, 6) is 1.24. The number of benzene rings is 2. The standard InChI is InChI=1S/C28H28ClN5O3/c1-28(2,17-33-16-19(12-13-30)31-32-33)27-23-8-6-14-34(23)22-11-10-18(29)15-21(22)25(37-27)20-7-5-9-24(35-3)26(20)36-4/h5-11,14-16,25,27H,12,17H2,1-4H3/t25-,27+/m1/s1. The molecule has 0 radical (unpaired) electrons. The van der Waals surface area contributed by atoms with Crippen molar-refractivity contribution in [1.82, 2.24) is 19.6 Å². The van der Waals surface area contributed by atoms with Crippen LogP contribution in [-0.2, 0) is 17.7 Å². The smallest absolute Gasteiger partial charge is 0.166 e. The van der Waals surface area contributed by atoms with E-state index in [9.17, 15) is 0 Å². The normalized spacial score (nSPS) is 16.9. The largest absolute Gasteiger partial charge is 0.493 e. The fourth-order valence-electron chi connectivity index (χ4n) is 5.08. The Balaban J connectivity index is 1.65. The molecule has 2 aromatic heterocycles. The molecule has 1 aliphatic heterocycles. The molecule has 9 heteroatoms. The summed E-state index contributed by atoms with van der Waals surface area (Å²) >= 11 is 6.52. The second kappa shape index (κ2) is 9.92. The van der Waals surface area contributed by atoms with E-state index in [0.717, 1.165) is 22.5 Å². The fraction of sp³-hybridized carbons (Fsp3) is 0.321. The first-order chi connectivity index (χ1) is 17.9. The predicted octanol–water partition coefficient (Wildman–Crippen LogP) is 5.69. The summed E-state index contributed by atoms with van der Waals surface area (Å²) in [6.07, 6.45) is 3.24. The maximum atomic E-state index is 9.03. The van der Waals surface area contributed by atoms with Gasteiger partial charge in [-0.25, -0.2) is 0 Å². The monoisotopic (exact) mass is 517 g/mol. The second-order valence-electron chi connectivity index (χ2n) is 9.72. The highest BCUT2D eigenvalue weighted by Gasteiger charge is 2.41. The molecule has 8 nitrogen and oxygen atoms in total. The van der Waals surface area contributed by atoms with Gasteiger partial charge in [0.15, 0.2) is 11.5 Å². The van der Waals surface area contributed by atoms with E-state index in [1.807, 2.05) is 54.9 Å². The van der Waals surface area contributed by atoms with Crippen LogP contribution in [0, 0.1) is 16.7 Å². The van der Waals surface area contributed by atoms with Crippen LogP contribution in [0.15, 0.2) is 60.9 Å². The molecule has 0 bridgehead atoms. The van der Waals surface area contributed by atoms with E-state index < -0.39 is 11.5 Å². The Labute approximate surface area is 220 Å². The second-order valence-corrected chi connectivity index (χ2v) is 10.2. The Hall–Kier alpha value is -3.80. The average molecular weight is 518 g/mol. The average Bonchev–Trinajstić information content (AvgIpc) is 3.51. The summed E-state index contributed by atoms with van der Waals surface area (Å²) in [4.78, 5) is 0. The molecule has 2 atom stereocenters. The van der Waals surface area contributed by atoms with Crippen LogP contribution in [0.4, 0.5) is 0 Å². The first-order valence-corrected chi connectivity index (χ1v) is 12.3. The molecule has 190 valence electrons. The van der Waals surface area contributed by atoms with Gasteiger partial charge in [-0.2, -0.15) is 5.26 Å². The van der Waals surface area contributed by atoms with Crippen molar-refractivity contribution in [2.75, 3.05) is 14.2 Å². The molecule has 0 saturated carbocycles. The highest BCUT2D eigenvalue weighted by Crippen LogP contribution is 2.50. The van der Waals surface area contributed by atoms with Gasteiger partial charge in [0.25, 0.3) is 0 Å². The van der Waals surface area contributed by atoms with E-state index in [4.69, 9.17) is 31.1 Å². The summed E-state index contributed by atoms with van der Waals surface area (Å²) in [5.41, 5.74) is 3.97. The van der Waals surface area contributed by atoms with Crippen molar-refractivity contribution < 1.29 is 14.2 Å². The summed E-state index contributed by atoms with van der Waals surface area (Å²) in [6, 6.07) is 17.9. The number of ether oxygens (including phenoxy) is 3. The van der Waals surface area contributed by atoms with Crippen molar-refractivity contribution in [2.24, 2.45) is 5.41 Å². The van der Waals surface area contributed by atoms with E-state index in [1.54, 1.807) is 18.9 Å². The fourth-order valence-corrected chi connectivity index (χ4v) is 5.26. The Morgan fingerprint density at radius 1 is 1.11 bits per heavy atom. The van der Waals surface area contributed by atoms with Gasteiger partial charge in [-0.15, -0.1) is 5.10 Å². The maximum Gasteiger partial charge on any atom is 0.166 e. The van der Waals surface area contributed by atoms with Gasteiger partial charge >= 0.3 is 0 Å². The van der Waals surface area contributed by atoms with Gasteiger partial charge in [0.2, 0.25) is 0 Å². The Morgan fingerprint density at radius 2 is 1.95 bits per heavy atom. The third-order valence-corrected chi connectivity index (χ3v) is 6.93. The van der Waals surface area contributed by atoms with Crippen molar-refractivity contribution in [3.63, 3.8) is 0 Å². The minimum absolute atomic E-state index is 0.219. The van der Waals surface area contributed by atoms with Gasteiger partial charge in [0, 0.05) is 34.0 Å². The lowest BCUT2D eigenvalue weighted by Gasteiger charge is -2.36. The molecule has 0 amide bonds. The molecule has 0 spiro atoms. The number of hydrogen-bond acceptors (Lipinski definition) is 6. The molecule has 0 saturated heterocycles. The van der Waals surface area contributed by atoms with Crippen LogP contribution in [0.25, 0.3) is 5.69 Å². The zero-order valence-electron chi connectivity index (χ0n) is 21.2. The van der Waals surface area contributed by atoms with Gasteiger partial charge in [0.1, 0.15) is 12.2 Å². The van der Waals surface area contributed by atoms with Gasteiger partial charge in [-0.1, -0.05) is 42.8 Å². The van der Waals surface area contributed by atoms with Crippen molar-refractivity contribution in [2.45, 2.75) is 39.0 Å². The van der Waals surface area contributed by atoms with Crippen LogP contribution in [0.1, 0.15) is 48.6 Å². The highest BCUT2D eigenvalue weighted by atomic mass is 35.5. The SMILES string of the molecule is COc1cccc([C@H]2O[C@H](C(C)(C)Cn3cc(CC#N)nn3)c3cccn3-c3ccc(Cl)cc32)c1OC. The zero-order chi connectivity index (χ0) is 26.2. The zero-order valence-corrected chi connectivity index (χ0v) is 21.9. The molecule has 3 heterocycles. The molecule has 0 fully saturated rings. The maximum absolute atomic E-state index is 9.03. The van der Waals surface area contributed by atoms with Gasteiger partial charge in [-0.3, -0.25) is 4.68 Å². The van der Waals surface area contributed by atoms with Crippen LogP contribution >= 0.6 is 11.6 Å². The number of nitrogens with zero attached hydrogens (tertiary/aromatic N) is 5. The molecular formula is C28H28ClN5O3. The van der Waals surface area contributed by atoms with E-state index in [2.05, 4.69) is 40.9 Å². The topological polar surface area (TPSA) is 87.1 Å². The number of halogens is 1. The molecular weight excluding hydrogens is 490 g/mol. The third kappa shape index (κ3) is 4.57. The van der Waals surface area contributed by atoms with Crippen LogP contribution in [0.5, 0.6) is 11.5 Å². The van der Waals surface area contributed by atoms with Gasteiger partial charge < -0.3 is 18.8 Å². The van der Waals surface area contributed by atoms with Crippen molar-refractivity contribution in [3.05, 3.63) is 88.5 Å². The van der Waals surface area contributed by atoms with Gasteiger partial charge in [-0.05, 0) is 36.4 Å². The lowest BCUT2D eigenvalue weighted by atomic mass is 9.84. The van der Waals surface area contributed by atoms with Crippen LogP contribution in [0.2, 0.25) is 5.02 Å². The number of nitriles is 1. The number of rotatable bonds is 7. The van der Waals surface area contributed by atoms with E-state index >= 15 is 0 Å². The molecule has 37 heavy (non-hydrogen) atoms. The molecule has 0 N–H and O–H groups in total. The predicted molar refractivity (Wildman–Crippen MR) is 139 cm³/mol. The Morgan fingerprint density at radius 3 is 2.70 bits per heavy atom. The summed E-state index contributed by atoms with van der Waals surface area (Å²) < 4.78 is 22.4.